The third kappa shape index (κ3) is 3.23. The lowest BCUT2D eigenvalue weighted by atomic mass is 10.1. The highest BCUT2D eigenvalue weighted by Gasteiger charge is 2.15. The van der Waals surface area contributed by atoms with Crippen molar-refractivity contribution in [2.45, 2.75) is 26.7 Å². The SMILES string of the molecule is CCNc1nc(-c2ccccc2)nc(C(C)C)c1I. The lowest BCUT2D eigenvalue weighted by molar-refractivity contribution is 0.808. The summed E-state index contributed by atoms with van der Waals surface area (Å²) in [6.07, 6.45) is 0. The van der Waals surface area contributed by atoms with Gasteiger partial charge in [0.2, 0.25) is 0 Å². The molecule has 100 valence electrons. The van der Waals surface area contributed by atoms with Crippen LogP contribution in [-0.2, 0) is 0 Å². The van der Waals surface area contributed by atoms with E-state index in [1.54, 1.807) is 0 Å². The van der Waals surface area contributed by atoms with Crippen LogP contribution in [-0.4, -0.2) is 16.5 Å². The maximum atomic E-state index is 4.73. The summed E-state index contributed by atoms with van der Waals surface area (Å²) in [4.78, 5) is 9.37. The fraction of sp³-hybridized carbons (Fsp3) is 0.333. The van der Waals surface area contributed by atoms with Gasteiger partial charge in [0.05, 0.1) is 9.26 Å². The molecule has 0 radical (unpaired) electrons. The quantitative estimate of drug-likeness (QED) is 0.819. The van der Waals surface area contributed by atoms with E-state index < -0.39 is 0 Å². The van der Waals surface area contributed by atoms with Gasteiger partial charge in [-0.15, -0.1) is 0 Å². The van der Waals surface area contributed by atoms with Crippen LogP contribution in [0.4, 0.5) is 5.82 Å². The Bertz CT molecular complexity index is 553. The first kappa shape index (κ1) is 14.2. The monoisotopic (exact) mass is 367 g/mol. The molecule has 2 rings (SSSR count). The molecule has 4 heteroatoms. The van der Waals surface area contributed by atoms with Gasteiger partial charge in [0, 0.05) is 12.1 Å². The first-order valence-corrected chi connectivity index (χ1v) is 7.58. The summed E-state index contributed by atoms with van der Waals surface area (Å²) in [5, 5.41) is 3.32. The van der Waals surface area contributed by atoms with Gasteiger partial charge in [0.1, 0.15) is 5.82 Å². The van der Waals surface area contributed by atoms with E-state index in [0.717, 1.165) is 33.0 Å². The predicted molar refractivity (Wildman–Crippen MR) is 88.4 cm³/mol. The molecule has 0 amide bonds. The van der Waals surface area contributed by atoms with Crippen LogP contribution in [0, 0.1) is 3.57 Å². The summed E-state index contributed by atoms with van der Waals surface area (Å²) in [5.74, 6) is 2.11. The number of anilines is 1. The minimum atomic E-state index is 0.384. The molecule has 0 saturated heterocycles. The Balaban J connectivity index is 2.56. The van der Waals surface area contributed by atoms with Crippen molar-refractivity contribution in [1.82, 2.24) is 9.97 Å². The highest BCUT2D eigenvalue weighted by Crippen LogP contribution is 2.28. The maximum Gasteiger partial charge on any atom is 0.161 e. The summed E-state index contributed by atoms with van der Waals surface area (Å²) in [6.45, 7) is 7.26. The molecule has 1 aromatic heterocycles. The number of nitrogens with zero attached hydrogens (tertiary/aromatic N) is 2. The second-order valence-electron chi connectivity index (χ2n) is 4.65. The van der Waals surface area contributed by atoms with E-state index in [0.29, 0.717) is 5.92 Å². The van der Waals surface area contributed by atoms with Crippen LogP contribution >= 0.6 is 22.6 Å². The zero-order valence-corrected chi connectivity index (χ0v) is 13.6. The van der Waals surface area contributed by atoms with Crippen molar-refractivity contribution in [2.75, 3.05) is 11.9 Å². The second kappa shape index (κ2) is 6.32. The Hall–Kier alpha value is -1.17. The predicted octanol–water partition coefficient (Wildman–Crippen LogP) is 4.30. The zero-order chi connectivity index (χ0) is 13.8. The van der Waals surface area contributed by atoms with E-state index in [4.69, 9.17) is 4.98 Å². The van der Waals surface area contributed by atoms with E-state index in [1.807, 2.05) is 30.3 Å². The Labute approximate surface area is 128 Å². The van der Waals surface area contributed by atoms with Crippen LogP contribution in [0.2, 0.25) is 0 Å². The fourth-order valence-corrected chi connectivity index (χ4v) is 2.90. The minimum Gasteiger partial charge on any atom is -0.369 e. The molecular formula is C15H18IN3. The van der Waals surface area contributed by atoms with Crippen molar-refractivity contribution >= 4 is 28.4 Å². The Kier molecular flexibility index (Phi) is 4.74. The smallest absolute Gasteiger partial charge is 0.161 e. The van der Waals surface area contributed by atoms with E-state index in [2.05, 4.69) is 53.7 Å². The van der Waals surface area contributed by atoms with E-state index in [1.165, 1.54) is 0 Å². The van der Waals surface area contributed by atoms with Crippen molar-refractivity contribution in [3.05, 3.63) is 39.6 Å². The average Bonchev–Trinajstić information content (AvgIpc) is 2.42. The normalized spacial score (nSPS) is 10.8. The first-order valence-electron chi connectivity index (χ1n) is 6.50. The van der Waals surface area contributed by atoms with Gasteiger partial charge in [-0.2, -0.15) is 0 Å². The molecule has 3 nitrogen and oxygen atoms in total. The standard InChI is InChI=1S/C15H18IN3/c1-4-17-15-12(16)13(10(2)3)18-14(19-15)11-8-6-5-7-9-11/h5-10H,4H2,1-3H3,(H,17,18,19). The lowest BCUT2D eigenvalue weighted by Gasteiger charge is -2.14. The molecule has 0 bridgehead atoms. The number of benzene rings is 1. The third-order valence-corrected chi connectivity index (χ3v) is 3.86. The molecule has 0 aliphatic heterocycles. The van der Waals surface area contributed by atoms with Crippen molar-refractivity contribution in [3.8, 4) is 11.4 Å². The number of rotatable bonds is 4. The molecule has 2 aromatic rings. The Morgan fingerprint density at radius 2 is 1.84 bits per heavy atom. The number of hydrogen-bond donors (Lipinski definition) is 1. The largest absolute Gasteiger partial charge is 0.369 e. The van der Waals surface area contributed by atoms with Gasteiger partial charge in [-0.25, -0.2) is 9.97 Å². The Morgan fingerprint density at radius 1 is 1.16 bits per heavy atom. The van der Waals surface area contributed by atoms with E-state index in [9.17, 15) is 0 Å². The van der Waals surface area contributed by atoms with Gasteiger partial charge < -0.3 is 5.32 Å². The third-order valence-electron chi connectivity index (χ3n) is 2.80. The molecule has 19 heavy (non-hydrogen) atoms. The van der Waals surface area contributed by atoms with Crippen LogP contribution in [0.15, 0.2) is 30.3 Å². The van der Waals surface area contributed by atoms with Gasteiger partial charge in [-0.05, 0) is 35.4 Å². The van der Waals surface area contributed by atoms with Gasteiger partial charge in [0.25, 0.3) is 0 Å². The van der Waals surface area contributed by atoms with Crippen molar-refractivity contribution in [3.63, 3.8) is 0 Å². The number of halogens is 1. The molecule has 0 aliphatic rings. The lowest BCUT2D eigenvalue weighted by Crippen LogP contribution is -2.09. The molecule has 1 heterocycles. The van der Waals surface area contributed by atoms with E-state index >= 15 is 0 Å². The van der Waals surface area contributed by atoms with Gasteiger partial charge in [-0.3, -0.25) is 0 Å². The summed E-state index contributed by atoms with van der Waals surface area (Å²) in [7, 11) is 0. The van der Waals surface area contributed by atoms with Gasteiger partial charge in [-0.1, -0.05) is 44.2 Å². The van der Waals surface area contributed by atoms with Crippen LogP contribution < -0.4 is 5.32 Å². The molecule has 0 saturated carbocycles. The van der Waals surface area contributed by atoms with Crippen molar-refractivity contribution in [1.29, 1.82) is 0 Å². The van der Waals surface area contributed by atoms with Gasteiger partial charge in [0.15, 0.2) is 5.82 Å². The number of nitrogens with one attached hydrogen (secondary N) is 1. The van der Waals surface area contributed by atoms with Gasteiger partial charge >= 0.3 is 0 Å². The molecule has 1 N–H and O–H groups in total. The summed E-state index contributed by atoms with van der Waals surface area (Å²) >= 11 is 2.33. The summed E-state index contributed by atoms with van der Waals surface area (Å²) in [6, 6.07) is 10.1. The molecule has 0 unspecified atom stereocenters. The molecule has 0 aliphatic carbocycles. The molecular weight excluding hydrogens is 349 g/mol. The van der Waals surface area contributed by atoms with Crippen LogP contribution in [0.1, 0.15) is 32.4 Å². The molecule has 0 spiro atoms. The van der Waals surface area contributed by atoms with Crippen LogP contribution in [0.3, 0.4) is 0 Å². The maximum absolute atomic E-state index is 4.73. The molecule has 0 atom stereocenters. The first-order chi connectivity index (χ1) is 9.13. The fourth-order valence-electron chi connectivity index (χ4n) is 1.85. The molecule has 0 fully saturated rings. The number of aromatic nitrogens is 2. The minimum absolute atomic E-state index is 0.384. The second-order valence-corrected chi connectivity index (χ2v) is 5.72. The van der Waals surface area contributed by atoms with Crippen LogP contribution in [0.5, 0.6) is 0 Å². The highest BCUT2D eigenvalue weighted by molar-refractivity contribution is 14.1. The van der Waals surface area contributed by atoms with Crippen molar-refractivity contribution < 1.29 is 0 Å². The molecule has 1 aromatic carbocycles. The Morgan fingerprint density at radius 3 is 2.42 bits per heavy atom. The number of hydrogen-bond acceptors (Lipinski definition) is 3. The van der Waals surface area contributed by atoms with E-state index in [-0.39, 0.29) is 0 Å². The zero-order valence-electron chi connectivity index (χ0n) is 11.4. The van der Waals surface area contributed by atoms with Crippen LogP contribution in [0.25, 0.3) is 11.4 Å². The van der Waals surface area contributed by atoms with Crippen molar-refractivity contribution in [2.24, 2.45) is 0 Å². The average molecular weight is 367 g/mol. The summed E-state index contributed by atoms with van der Waals surface area (Å²) in [5.41, 5.74) is 2.16. The summed E-state index contributed by atoms with van der Waals surface area (Å²) < 4.78 is 1.12. The highest BCUT2D eigenvalue weighted by atomic mass is 127. The topological polar surface area (TPSA) is 37.8 Å².